The van der Waals surface area contributed by atoms with Gasteiger partial charge in [-0.2, -0.15) is 16.7 Å². The monoisotopic (exact) mass is 251 g/mol. The van der Waals surface area contributed by atoms with E-state index in [1.807, 2.05) is 0 Å². The van der Waals surface area contributed by atoms with Crippen LogP contribution in [0, 0.1) is 0 Å². The van der Waals surface area contributed by atoms with E-state index in [9.17, 15) is 0 Å². The summed E-state index contributed by atoms with van der Waals surface area (Å²) in [5, 5.41) is 4.40. The van der Waals surface area contributed by atoms with Crippen LogP contribution in [0.3, 0.4) is 0 Å². The van der Waals surface area contributed by atoms with Gasteiger partial charge in [0.1, 0.15) is 0 Å². The fraction of sp³-hybridized carbons (Fsp3) is 0.400. The first-order valence-electron chi connectivity index (χ1n) is 5.18. The summed E-state index contributed by atoms with van der Waals surface area (Å²) in [6, 6.07) is 0. The third-order valence-electron chi connectivity index (χ3n) is 1.94. The van der Waals surface area contributed by atoms with Crippen LogP contribution in [0.2, 0.25) is 0 Å². The number of rotatable bonds is 4. The number of anilines is 1. The smallest absolute Gasteiger partial charge is 0.280 e. The molecule has 6 nitrogen and oxygen atoms in total. The van der Waals surface area contributed by atoms with Gasteiger partial charge in [0.2, 0.25) is 0 Å². The van der Waals surface area contributed by atoms with Crippen LogP contribution >= 0.6 is 11.8 Å². The standard InChI is InChI=1S/C10H13N5OS/c1-6(2)17-5-7-14-10(16-15-7)8-9(11)13-4-3-12-8/h3-4,6H,5H2,1-2H3,(H2,11,13). The van der Waals surface area contributed by atoms with E-state index in [0.717, 1.165) is 0 Å². The van der Waals surface area contributed by atoms with Gasteiger partial charge in [0.25, 0.3) is 5.89 Å². The zero-order chi connectivity index (χ0) is 12.3. The highest BCUT2D eigenvalue weighted by Crippen LogP contribution is 2.21. The summed E-state index contributed by atoms with van der Waals surface area (Å²) in [6.45, 7) is 4.23. The van der Waals surface area contributed by atoms with E-state index in [2.05, 4.69) is 34.0 Å². The summed E-state index contributed by atoms with van der Waals surface area (Å²) in [6.07, 6.45) is 3.06. The number of thioether (sulfide) groups is 1. The summed E-state index contributed by atoms with van der Waals surface area (Å²) < 4.78 is 5.11. The van der Waals surface area contributed by atoms with Gasteiger partial charge in [0.05, 0.1) is 5.75 Å². The Morgan fingerprint density at radius 2 is 2.12 bits per heavy atom. The average molecular weight is 251 g/mol. The Kier molecular flexibility index (Phi) is 3.58. The molecule has 2 rings (SSSR count). The van der Waals surface area contributed by atoms with E-state index in [1.165, 1.54) is 6.20 Å². The second-order valence-corrected chi connectivity index (χ2v) is 5.23. The first-order valence-corrected chi connectivity index (χ1v) is 6.22. The van der Waals surface area contributed by atoms with Gasteiger partial charge in [-0.1, -0.05) is 19.0 Å². The Morgan fingerprint density at radius 3 is 2.82 bits per heavy atom. The minimum atomic E-state index is 0.291. The Balaban J connectivity index is 2.16. The number of hydrogen-bond acceptors (Lipinski definition) is 7. The molecule has 2 heterocycles. The van der Waals surface area contributed by atoms with Crippen molar-refractivity contribution >= 4 is 17.6 Å². The highest BCUT2D eigenvalue weighted by Gasteiger charge is 2.13. The number of hydrogen-bond donors (Lipinski definition) is 1. The minimum Gasteiger partial charge on any atom is -0.382 e. The number of aromatic nitrogens is 4. The maximum absolute atomic E-state index is 5.68. The third kappa shape index (κ3) is 2.94. The molecule has 0 aromatic carbocycles. The molecule has 0 bridgehead atoms. The summed E-state index contributed by atoms with van der Waals surface area (Å²) >= 11 is 1.74. The molecule has 0 aliphatic carbocycles. The third-order valence-corrected chi connectivity index (χ3v) is 3.03. The summed E-state index contributed by atoms with van der Waals surface area (Å²) in [5.41, 5.74) is 6.11. The topological polar surface area (TPSA) is 90.7 Å². The lowest BCUT2D eigenvalue weighted by Gasteiger charge is -1.99. The van der Waals surface area contributed by atoms with Crippen LogP contribution in [0.15, 0.2) is 16.9 Å². The normalized spacial score (nSPS) is 11.0. The highest BCUT2D eigenvalue weighted by molar-refractivity contribution is 7.99. The van der Waals surface area contributed by atoms with Crippen molar-refractivity contribution < 1.29 is 4.52 Å². The fourth-order valence-corrected chi connectivity index (χ4v) is 1.76. The van der Waals surface area contributed by atoms with Gasteiger partial charge in [-0.3, -0.25) is 0 Å². The molecule has 0 amide bonds. The van der Waals surface area contributed by atoms with Crippen LogP contribution in [-0.2, 0) is 5.75 Å². The average Bonchev–Trinajstić information content (AvgIpc) is 2.75. The molecule has 0 atom stereocenters. The molecular weight excluding hydrogens is 238 g/mol. The lowest BCUT2D eigenvalue weighted by Crippen LogP contribution is -1.96. The van der Waals surface area contributed by atoms with E-state index < -0.39 is 0 Å². The molecule has 0 spiro atoms. The molecule has 7 heteroatoms. The fourth-order valence-electron chi connectivity index (χ4n) is 1.16. The molecule has 0 fully saturated rings. The van der Waals surface area contributed by atoms with Crippen molar-refractivity contribution in [2.45, 2.75) is 24.9 Å². The maximum atomic E-state index is 5.68. The largest absolute Gasteiger partial charge is 0.382 e. The van der Waals surface area contributed by atoms with Gasteiger partial charge in [0, 0.05) is 12.4 Å². The van der Waals surface area contributed by atoms with Crippen LogP contribution in [0.5, 0.6) is 0 Å². The zero-order valence-electron chi connectivity index (χ0n) is 9.62. The van der Waals surface area contributed by atoms with Crippen LogP contribution in [0.4, 0.5) is 5.82 Å². The quantitative estimate of drug-likeness (QED) is 0.885. The Bertz CT molecular complexity index is 499. The van der Waals surface area contributed by atoms with Crippen molar-refractivity contribution in [1.82, 2.24) is 20.1 Å². The van der Waals surface area contributed by atoms with Gasteiger partial charge in [0.15, 0.2) is 17.3 Å². The second-order valence-electron chi connectivity index (χ2n) is 3.67. The summed E-state index contributed by atoms with van der Waals surface area (Å²) in [4.78, 5) is 12.2. The summed E-state index contributed by atoms with van der Waals surface area (Å²) in [5.74, 6) is 1.96. The van der Waals surface area contributed by atoms with Crippen molar-refractivity contribution in [1.29, 1.82) is 0 Å². The molecule has 17 heavy (non-hydrogen) atoms. The van der Waals surface area contributed by atoms with Crippen molar-refractivity contribution in [2.75, 3.05) is 5.73 Å². The van der Waals surface area contributed by atoms with Gasteiger partial charge < -0.3 is 10.3 Å². The van der Waals surface area contributed by atoms with Crippen molar-refractivity contribution in [3.8, 4) is 11.6 Å². The van der Waals surface area contributed by atoms with Crippen LogP contribution in [0.1, 0.15) is 19.7 Å². The maximum Gasteiger partial charge on any atom is 0.280 e. The minimum absolute atomic E-state index is 0.291. The number of nitrogen functional groups attached to an aromatic ring is 1. The van der Waals surface area contributed by atoms with E-state index in [1.54, 1.807) is 18.0 Å². The second kappa shape index (κ2) is 5.13. The predicted octanol–water partition coefficient (Wildman–Crippen LogP) is 1.75. The first kappa shape index (κ1) is 11.8. The first-order chi connectivity index (χ1) is 8.16. The molecule has 0 saturated heterocycles. The van der Waals surface area contributed by atoms with Gasteiger partial charge in [-0.25, -0.2) is 9.97 Å². The van der Waals surface area contributed by atoms with E-state index in [-0.39, 0.29) is 0 Å². The molecule has 90 valence electrons. The number of nitrogens with zero attached hydrogens (tertiary/aromatic N) is 4. The van der Waals surface area contributed by atoms with Crippen LogP contribution in [-0.4, -0.2) is 25.4 Å². The van der Waals surface area contributed by atoms with Gasteiger partial charge in [-0.15, -0.1) is 0 Å². The van der Waals surface area contributed by atoms with Crippen LogP contribution in [0.25, 0.3) is 11.6 Å². The van der Waals surface area contributed by atoms with Crippen molar-refractivity contribution in [2.24, 2.45) is 0 Å². The van der Waals surface area contributed by atoms with Crippen molar-refractivity contribution in [3.63, 3.8) is 0 Å². The molecular formula is C10H13N5OS. The van der Waals surface area contributed by atoms with Gasteiger partial charge in [-0.05, 0) is 5.25 Å². The Hall–Kier alpha value is -1.63. The zero-order valence-corrected chi connectivity index (χ0v) is 10.4. The Labute approximate surface area is 103 Å². The molecule has 0 saturated carbocycles. The summed E-state index contributed by atoms with van der Waals surface area (Å²) in [7, 11) is 0. The molecule has 0 radical (unpaired) electrons. The molecule has 0 aliphatic rings. The molecule has 2 aromatic heterocycles. The predicted molar refractivity (Wildman–Crippen MR) is 66.2 cm³/mol. The van der Waals surface area contributed by atoms with E-state index in [4.69, 9.17) is 10.3 Å². The molecule has 2 aromatic rings. The molecule has 0 unspecified atom stereocenters. The van der Waals surface area contributed by atoms with Crippen molar-refractivity contribution in [3.05, 3.63) is 18.2 Å². The van der Waals surface area contributed by atoms with Crippen LogP contribution < -0.4 is 5.73 Å². The van der Waals surface area contributed by atoms with Gasteiger partial charge >= 0.3 is 0 Å². The SMILES string of the molecule is CC(C)SCc1noc(-c2nccnc2N)n1. The Morgan fingerprint density at radius 1 is 1.35 bits per heavy atom. The molecule has 2 N–H and O–H groups in total. The lowest BCUT2D eigenvalue weighted by atomic mass is 10.4. The highest BCUT2D eigenvalue weighted by atomic mass is 32.2. The molecule has 0 aliphatic heterocycles. The number of nitrogens with two attached hydrogens (primary N) is 1. The van der Waals surface area contributed by atoms with E-state index in [0.29, 0.717) is 34.2 Å². The van der Waals surface area contributed by atoms with E-state index >= 15 is 0 Å². The lowest BCUT2D eigenvalue weighted by molar-refractivity contribution is 0.424.